The number of carbonyl (C=O) groups is 1. The lowest BCUT2D eigenvalue weighted by Crippen LogP contribution is -2.12. The van der Waals surface area contributed by atoms with Gasteiger partial charge in [-0.3, -0.25) is 4.99 Å². The van der Waals surface area contributed by atoms with Gasteiger partial charge in [0.2, 0.25) is 0 Å². The Labute approximate surface area is 106 Å². The Balaban J connectivity index is 3.16. The lowest BCUT2D eigenvalue weighted by Gasteiger charge is -2.10. The predicted molar refractivity (Wildman–Crippen MR) is 71.1 cm³/mol. The van der Waals surface area contributed by atoms with Crippen LogP contribution in [0.25, 0.3) is 0 Å². The van der Waals surface area contributed by atoms with Crippen LogP contribution in [0.2, 0.25) is 0 Å². The van der Waals surface area contributed by atoms with Crippen molar-refractivity contribution in [2.45, 2.75) is 13.8 Å². The number of aliphatic imine (C=N–C) groups is 1. The maximum atomic E-state index is 10.7. The summed E-state index contributed by atoms with van der Waals surface area (Å²) in [7, 11) is 3.55. The average molecular weight is 247 g/mol. The minimum Gasteiger partial charge on any atom is -0.477 e. The van der Waals surface area contributed by atoms with Crippen molar-refractivity contribution >= 4 is 11.7 Å². The molecule has 0 aliphatic heterocycles. The van der Waals surface area contributed by atoms with Gasteiger partial charge in [-0.15, -0.1) is 0 Å². The number of hydrogen-bond acceptors (Lipinski definition) is 4. The zero-order chi connectivity index (χ0) is 13.7. The van der Waals surface area contributed by atoms with Gasteiger partial charge in [0.25, 0.3) is 0 Å². The Morgan fingerprint density at radius 1 is 1.39 bits per heavy atom. The molecule has 0 atom stereocenters. The molecular formula is C13H17N3O2. The summed E-state index contributed by atoms with van der Waals surface area (Å²) in [6, 6.07) is 3.19. The van der Waals surface area contributed by atoms with Crippen LogP contribution in [0, 0.1) is 0 Å². The van der Waals surface area contributed by atoms with E-state index in [9.17, 15) is 4.79 Å². The highest BCUT2D eigenvalue weighted by molar-refractivity contribution is 6.12. The van der Waals surface area contributed by atoms with Crippen LogP contribution in [0.3, 0.4) is 0 Å². The number of aromatic nitrogens is 1. The zero-order valence-corrected chi connectivity index (χ0v) is 11.0. The summed E-state index contributed by atoms with van der Waals surface area (Å²) in [5.41, 5.74) is 3.64. The minimum atomic E-state index is -1.03. The number of hydrogen-bond donors (Lipinski definition) is 2. The topological polar surface area (TPSA) is 74.6 Å². The maximum Gasteiger partial charge on any atom is 0.354 e. The Morgan fingerprint density at radius 2 is 2.06 bits per heavy atom. The number of carboxylic acids is 1. The second kappa shape index (κ2) is 5.95. The van der Waals surface area contributed by atoms with Crippen molar-refractivity contribution in [1.29, 1.82) is 0 Å². The van der Waals surface area contributed by atoms with E-state index in [1.807, 2.05) is 20.9 Å². The van der Waals surface area contributed by atoms with Crippen molar-refractivity contribution in [1.82, 2.24) is 10.3 Å². The fraction of sp³-hybridized carbons (Fsp3) is 0.308. The van der Waals surface area contributed by atoms with Crippen LogP contribution < -0.4 is 5.32 Å². The first-order chi connectivity index (χ1) is 8.51. The normalized spacial score (nSPS) is 13.0. The lowest BCUT2D eigenvalue weighted by molar-refractivity contribution is 0.0690. The van der Waals surface area contributed by atoms with Gasteiger partial charge in [0.05, 0.1) is 5.71 Å². The van der Waals surface area contributed by atoms with E-state index in [-0.39, 0.29) is 5.69 Å². The third-order valence-electron chi connectivity index (χ3n) is 2.77. The van der Waals surface area contributed by atoms with Crippen molar-refractivity contribution in [2.75, 3.05) is 14.1 Å². The fourth-order valence-electron chi connectivity index (χ4n) is 1.54. The summed E-state index contributed by atoms with van der Waals surface area (Å²) in [5.74, 6) is -1.03. The summed E-state index contributed by atoms with van der Waals surface area (Å²) in [6.45, 7) is 3.92. The first-order valence-corrected chi connectivity index (χ1v) is 5.53. The van der Waals surface area contributed by atoms with Gasteiger partial charge in [-0.25, -0.2) is 9.78 Å². The van der Waals surface area contributed by atoms with Crippen molar-refractivity contribution in [3.05, 3.63) is 40.9 Å². The number of allylic oxidation sites excluding steroid dienone is 2. The number of rotatable bonds is 4. The molecule has 5 nitrogen and oxygen atoms in total. The fourth-order valence-corrected chi connectivity index (χ4v) is 1.54. The molecule has 0 saturated carbocycles. The second-order valence-corrected chi connectivity index (χ2v) is 3.81. The molecule has 1 aromatic heterocycles. The lowest BCUT2D eigenvalue weighted by atomic mass is 10.0. The zero-order valence-electron chi connectivity index (χ0n) is 11.0. The number of aromatic carboxylic acids is 1. The molecule has 0 aliphatic carbocycles. The summed E-state index contributed by atoms with van der Waals surface area (Å²) >= 11 is 0. The van der Waals surface area contributed by atoms with E-state index in [2.05, 4.69) is 15.3 Å². The van der Waals surface area contributed by atoms with Crippen LogP contribution in [0.1, 0.15) is 29.9 Å². The van der Waals surface area contributed by atoms with Crippen molar-refractivity contribution in [3.8, 4) is 0 Å². The van der Waals surface area contributed by atoms with E-state index in [0.29, 0.717) is 0 Å². The van der Waals surface area contributed by atoms with Gasteiger partial charge in [-0.2, -0.15) is 0 Å². The Morgan fingerprint density at radius 3 is 2.44 bits per heavy atom. The highest BCUT2D eigenvalue weighted by Gasteiger charge is 2.10. The summed E-state index contributed by atoms with van der Waals surface area (Å²) in [6.07, 6.45) is 1.53. The van der Waals surface area contributed by atoms with Gasteiger partial charge in [0.1, 0.15) is 5.69 Å². The van der Waals surface area contributed by atoms with E-state index in [4.69, 9.17) is 5.11 Å². The molecular weight excluding hydrogens is 230 g/mol. The highest BCUT2D eigenvalue weighted by Crippen LogP contribution is 2.11. The molecule has 5 heteroatoms. The number of nitrogens with zero attached hydrogens (tertiary/aromatic N) is 2. The number of nitrogens with one attached hydrogen (secondary N) is 1. The van der Waals surface area contributed by atoms with E-state index in [1.54, 1.807) is 13.1 Å². The van der Waals surface area contributed by atoms with Gasteiger partial charge < -0.3 is 10.4 Å². The predicted octanol–water partition coefficient (Wildman–Crippen LogP) is 1.71. The molecule has 0 unspecified atom stereocenters. The SMILES string of the molecule is CN=C(/C(C)=C(\C)NC)c1ccc(C(=O)O)nc1. The minimum absolute atomic E-state index is 0.0289. The summed E-state index contributed by atoms with van der Waals surface area (Å²) < 4.78 is 0. The smallest absolute Gasteiger partial charge is 0.354 e. The maximum absolute atomic E-state index is 10.7. The first-order valence-electron chi connectivity index (χ1n) is 5.53. The molecule has 0 radical (unpaired) electrons. The quantitative estimate of drug-likeness (QED) is 0.794. The third-order valence-corrected chi connectivity index (χ3v) is 2.77. The highest BCUT2D eigenvalue weighted by atomic mass is 16.4. The molecule has 96 valence electrons. The Kier molecular flexibility index (Phi) is 4.59. The molecule has 1 heterocycles. The molecule has 0 aliphatic rings. The molecule has 0 saturated heterocycles. The van der Waals surface area contributed by atoms with Crippen molar-refractivity contribution in [3.63, 3.8) is 0 Å². The Hall–Kier alpha value is -2.17. The molecule has 2 N–H and O–H groups in total. The number of pyridine rings is 1. The van der Waals surface area contributed by atoms with Gasteiger partial charge in [0.15, 0.2) is 0 Å². The molecule has 0 bridgehead atoms. The van der Waals surface area contributed by atoms with E-state index in [0.717, 1.165) is 22.5 Å². The Bertz CT molecular complexity index is 501. The first kappa shape index (κ1) is 13.9. The van der Waals surface area contributed by atoms with Crippen LogP contribution in [-0.2, 0) is 0 Å². The molecule has 18 heavy (non-hydrogen) atoms. The largest absolute Gasteiger partial charge is 0.477 e. The van der Waals surface area contributed by atoms with Crippen molar-refractivity contribution < 1.29 is 9.90 Å². The molecule has 1 aromatic rings. The van der Waals surface area contributed by atoms with E-state index in [1.165, 1.54) is 12.3 Å². The third kappa shape index (κ3) is 2.94. The number of carboxylic acid groups (broad SMARTS) is 1. The van der Waals surface area contributed by atoms with Crippen LogP contribution in [0.15, 0.2) is 34.6 Å². The van der Waals surface area contributed by atoms with Gasteiger partial charge in [0, 0.05) is 31.6 Å². The molecule has 0 fully saturated rings. The van der Waals surface area contributed by atoms with E-state index >= 15 is 0 Å². The monoisotopic (exact) mass is 247 g/mol. The van der Waals surface area contributed by atoms with Crippen LogP contribution in [0.4, 0.5) is 0 Å². The summed E-state index contributed by atoms with van der Waals surface area (Å²) in [4.78, 5) is 18.9. The van der Waals surface area contributed by atoms with Crippen LogP contribution >= 0.6 is 0 Å². The van der Waals surface area contributed by atoms with Crippen molar-refractivity contribution in [2.24, 2.45) is 4.99 Å². The van der Waals surface area contributed by atoms with E-state index < -0.39 is 5.97 Å². The standard InChI is InChI=1S/C13H17N3O2/c1-8(9(2)14-3)12(15-4)10-5-6-11(13(17)18)16-7-10/h5-7,14H,1-4H3,(H,17,18)/b9-8+,15-12?. The van der Waals surface area contributed by atoms with Gasteiger partial charge >= 0.3 is 5.97 Å². The molecule has 1 rings (SSSR count). The molecule has 0 amide bonds. The van der Waals surface area contributed by atoms with Gasteiger partial charge in [-0.1, -0.05) is 0 Å². The summed E-state index contributed by atoms with van der Waals surface area (Å²) in [5, 5.41) is 11.9. The average Bonchev–Trinajstić information content (AvgIpc) is 2.39. The van der Waals surface area contributed by atoms with Crippen LogP contribution in [-0.4, -0.2) is 35.9 Å². The second-order valence-electron chi connectivity index (χ2n) is 3.81. The molecule has 0 spiro atoms. The van der Waals surface area contributed by atoms with Crippen LogP contribution in [0.5, 0.6) is 0 Å². The van der Waals surface area contributed by atoms with Gasteiger partial charge in [-0.05, 0) is 31.6 Å². The molecule has 0 aromatic carbocycles.